The Kier molecular flexibility index (Phi) is 5.51. The Hall–Kier alpha value is -2.08. The maximum absolute atomic E-state index is 12.6. The molecule has 1 aromatic rings. The van der Waals surface area contributed by atoms with E-state index in [4.69, 9.17) is 4.74 Å². The minimum absolute atomic E-state index is 0.00402. The number of anilines is 1. The second-order valence-corrected chi connectivity index (χ2v) is 8.17. The van der Waals surface area contributed by atoms with E-state index in [0.29, 0.717) is 13.1 Å². The molecule has 3 rings (SSSR count). The van der Waals surface area contributed by atoms with Crippen LogP contribution < -0.4 is 10.6 Å². The van der Waals surface area contributed by atoms with Crippen LogP contribution in [0.4, 0.5) is 10.5 Å². The van der Waals surface area contributed by atoms with Crippen LogP contribution in [0.2, 0.25) is 0 Å². The average Bonchev–Trinajstić information content (AvgIpc) is 2.73. The van der Waals surface area contributed by atoms with Gasteiger partial charge in [-0.2, -0.15) is 0 Å². The minimum Gasteiger partial charge on any atom is -0.444 e. The first-order valence-corrected chi connectivity index (χ1v) is 9.44. The highest BCUT2D eigenvalue weighted by atomic mass is 16.6. The maximum Gasteiger partial charge on any atom is 0.410 e. The molecule has 0 saturated carbocycles. The van der Waals surface area contributed by atoms with Crippen molar-refractivity contribution < 1.29 is 14.3 Å². The van der Waals surface area contributed by atoms with Gasteiger partial charge in [-0.05, 0) is 58.1 Å². The molecule has 1 fully saturated rings. The van der Waals surface area contributed by atoms with Crippen LogP contribution in [-0.4, -0.2) is 47.7 Å². The van der Waals surface area contributed by atoms with E-state index in [2.05, 4.69) is 16.7 Å². The van der Waals surface area contributed by atoms with Gasteiger partial charge in [0.15, 0.2) is 0 Å². The van der Waals surface area contributed by atoms with Crippen LogP contribution in [0.15, 0.2) is 24.3 Å². The quantitative estimate of drug-likeness (QED) is 0.852. The molecule has 26 heavy (non-hydrogen) atoms. The van der Waals surface area contributed by atoms with Gasteiger partial charge in [0.05, 0.1) is 6.04 Å². The molecule has 2 atom stereocenters. The molecule has 2 N–H and O–H groups in total. The molecule has 2 amide bonds. The average molecular weight is 359 g/mol. The Morgan fingerprint density at radius 2 is 2.04 bits per heavy atom. The number of hydrogen-bond donors (Lipinski definition) is 2. The Morgan fingerprint density at radius 3 is 2.81 bits per heavy atom. The van der Waals surface area contributed by atoms with Crippen molar-refractivity contribution in [1.29, 1.82) is 0 Å². The third-order valence-electron chi connectivity index (χ3n) is 4.80. The lowest BCUT2D eigenvalue weighted by Gasteiger charge is -2.35. The molecule has 0 bridgehead atoms. The van der Waals surface area contributed by atoms with Gasteiger partial charge in [-0.25, -0.2) is 4.79 Å². The molecule has 2 aliphatic heterocycles. The molecule has 2 aliphatic rings. The molecule has 0 radical (unpaired) electrons. The van der Waals surface area contributed by atoms with E-state index < -0.39 is 5.60 Å². The number of carbonyl (C=O) groups is 2. The monoisotopic (exact) mass is 359 g/mol. The number of amides is 2. The van der Waals surface area contributed by atoms with Crippen LogP contribution in [0.3, 0.4) is 0 Å². The van der Waals surface area contributed by atoms with Gasteiger partial charge in [0.2, 0.25) is 5.91 Å². The fourth-order valence-corrected chi connectivity index (χ4v) is 3.56. The van der Waals surface area contributed by atoms with Gasteiger partial charge >= 0.3 is 6.09 Å². The zero-order valence-electron chi connectivity index (χ0n) is 15.9. The molecular weight excluding hydrogens is 330 g/mol. The van der Waals surface area contributed by atoms with Gasteiger partial charge in [0.25, 0.3) is 0 Å². The Balaban J connectivity index is 1.58. The zero-order chi connectivity index (χ0) is 18.7. The van der Waals surface area contributed by atoms with Crippen LogP contribution >= 0.6 is 0 Å². The number of rotatable bonds is 2. The first-order valence-electron chi connectivity index (χ1n) is 9.44. The second kappa shape index (κ2) is 7.66. The molecule has 6 heteroatoms. The summed E-state index contributed by atoms with van der Waals surface area (Å²) in [6, 6.07) is 7.80. The Bertz CT molecular complexity index is 669. The van der Waals surface area contributed by atoms with Gasteiger partial charge in [-0.1, -0.05) is 18.2 Å². The van der Waals surface area contributed by atoms with Gasteiger partial charge in [0, 0.05) is 24.8 Å². The number of ether oxygens (including phenoxy) is 1. The molecular formula is C20H29N3O3. The molecule has 0 spiro atoms. The lowest BCUT2D eigenvalue weighted by Crippen LogP contribution is -2.54. The summed E-state index contributed by atoms with van der Waals surface area (Å²) < 4.78 is 5.48. The van der Waals surface area contributed by atoms with Crippen molar-refractivity contribution in [1.82, 2.24) is 10.2 Å². The number of piperidine rings is 1. The van der Waals surface area contributed by atoms with Crippen molar-refractivity contribution >= 4 is 17.7 Å². The molecule has 2 heterocycles. The predicted octanol–water partition coefficient (Wildman–Crippen LogP) is 2.93. The van der Waals surface area contributed by atoms with E-state index in [0.717, 1.165) is 31.4 Å². The molecule has 142 valence electrons. The van der Waals surface area contributed by atoms with Gasteiger partial charge in [-0.3, -0.25) is 4.79 Å². The Labute approximate surface area is 155 Å². The number of likely N-dealkylation sites (tertiary alicyclic amines) is 1. The van der Waals surface area contributed by atoms with Crippen molar-refractivity contribution in [2.24, 2.45) is 0 Å². The topological polar surface area (TPSA) is 70.7 Å². The van der Waals surface area contributed by atoms with E-state index in [1.807, 2.05) is 39.0 Å². The lowest BCUT2D eigenvalue weighted by atomic mass is 10.0. The summed E-state index contributed by atoms with van der Waals surface area (Å²) in [5.41, 5.74) is 1.58. The summed E-state index contributed by atoms with van der Waals surface area (Å²) >= 11 is 0. The number of fused-ring (bicyclic) bond motifs is 1. The number of hydrogen-bond acceptors (Lipinski definition) is 4. The third-order valence-corrected chi connectivity index (χ3v) is 4.80. The molecule has 0 aromatic heterocycles. The normalized spacial score (nSPS) is 23.7. The predicted molar refractivity (Wildman–Crippen MR) is 101 cm³/mol. The number of nitrogens with zero attached hydrogens (tertiary/aromatic N) is 1. The highest BCUT2D eigenvalue weighted by molar-refractivity contribution is 5.96. The summed E-state index contributed by atoms with van der Waals surface area (Å²) in [4.78, 5) is 26.6. The molecule has 0 aliphatic carbocycles. The van der Waals surface area contributed by atoms with Crippen LogP contribution in [0, 0.1) is 0 Å². The summed E-state index contributed by atoms with van der Waals surface area (Å²) in [6.45, 7) is 6.90. The highest BCUT2D eigenvalue weighted by Gasteiger charge is 2.31. The van der Waals surface area contributed by atoms with Gasteiger partial charge in [-0.15, -0.1) is 0 Å². The van der Waals surface area contributed by atoms with Crippen molar-refractivity contribution in [3.05, 3.63) is 29.8 Å². The molecule has 2 unspecified atom stereocenters. The largest absolute Gasteiger partial charge is 0.444 e. The number of aryl methyl sites for hydroxylation is 1. The minimum atomic E-state index is -0.496. The fourth-order valence-electron chi connectivity index (χ4n) is 3.56. The summed E-state index contributed by atoms with van der Waals surface area (Å²) in [6.07, 6.45) is 3.20. The second-order valence-electron chi connectivity index (χ2n) is 8.17. The van der Waals surface area contributed by atoms with E-state index in [1.165, 1.54) is 5.56 Å². The van der Waals surface area contributed by atoms with Crippen LogP contribution in [0.5, 0.6) is 0 Å². The van der Waals surface area contributed by atoms with E-state index in [9.17, 15) is 9.59 Å². The number of benzene rings is 1. The summed E-state index contributed by atoms with van der Waals surface area (Å²) in [5, 5.41) is 6.49. The zero-order valence-corrected chi connectivity index (χ0v) is 15.9. The number of para-hydroxylation sites is 1. The van der Waals surface area contributed by atoms with E-state index >= 15 is 0 Å². The van der Waals surface area contributed by atoms with Crippen LogP contribution in [0.1, 0.15) is 45.6 Å². The van der Waals surface area contributed by atoms with Gasteiger partial charge < -0.3 is 20.3 Å². The van der Waals surface area contributed by atoms with Crippen LogP contribution in [0.25, 0.3) is 0 Å². The number of carbonyl (C=O) groups excluding carboxylic acids is 2. The fraction of sp³-hybridized carbons (Fsp3) is 0.600. The first kappa shape index (κ1) is 18.7. The molecule has 6 nitrogen and oxygen atoms in total. The Morgan fingerprint density at radius 1 is 1.27 bits per heavy atom. The SMILES string of the molecule is CC(C)(C)OC(=O)N1CCCC(NC2CCc3ccccc3NC2=O)C1. The molecule has 1 saturated heterocycles. The van der Waals surface area contributed by atoms with Crippen molar-refractivity contribution in [2.75, 3.05) is 18.4 Å². The summed E-state index contributed by atoms with van der Waals surface area (Å²) in [5.74, 6) is 0.00402. The number of nitrogens with one attached hydrogen (secondary N) is 2. The van der Waals surface area contributed by atoms with Crippen molar-refractivity contribution in [3.8, 4) is 0 Å². The standard InChI is InChI=1S/C20H29N3O3/c1-20(2,3)26-19(25)23-12-6-8-15(13-23)21-17-11-10-14-7-4-5-9-16(14)22-18(17)24/h4-5,7,9,15,17,21H,6,8,10-13H2,1-3H3,(H,22,24). The van der Waals surface area contributed by atoms with Crippen molar-refractivity contribution in [2.45, 2.75) is 64.1 Å². The lowest BCUT2D eigenvalue weighted by molar-refractivity contribution is -0.118. The molecule has 1 aromatic carbocycles. The van der Waals surface area contributed by atoms with Crippen molar-refractivity contribution in [3.63, 3.8) is 0 Å². The van der Waals surface area contributed by atoms with E-state index in [1.54, 1.807) is 4.90 Å². The third kappa shape index (κ3) is 4.75. The van der Waals surface area contributed by atoms with Gasteiger partial charge in [0.1, 0.15) is 5.60 Å². The van der Waals surface area contributed by atoms with E-state index in [-0.39, 0.29) is 24.1 Å². The highest BCUT2D eigenvalue weighted by Crippen LogP contribution is 2.22. The summed E-state index contributed by atoms with van der Waals surface area (Å²) in [7, 11) is 0. The van der Waals surface area contributed by atoms with Crippen LogP contribution in [-0.2, 0) is 16.0 Å². The maximum atomic E-state index is 12.6. The first-order chi connectivity index (χ1) is 12.3. The smallest absolute Gasteiger partial charge is 0.410 e.